The summed E-state index contributed by atoms with van der Waals surface area (Å²) in [6.45, 7) is 5.52. The number of ether oxygens (including phenoxy) is 1. The summed E-state index contributed by atoms with van der Waals surface area (Å²) >= 11 is 0. The van der Waals surface area contributed by atoms with E-state index < -0.39 is 20.9 Å². The van der Waals surface area contributed by atoms with Crippen molar-refractivity contribution in [3.63, 3.8) is 0 Å². The third-order valence-electron chi connectivity index (χ3n) is 5.20. The average Bonchev–Trinajstić information content (AvgIpc) is 2.93. The summed E-state index contributed by atoms with van der Waals surface area (Å²) in [6, 6.07) is 1.62. The van der Waals surface area contributed by atoms with E-state index >= 15 is 0 Å². The molecular weight excluding hydrogens is 344 g/mol. The highest BCUT2D eigenvalue weighted by molar-refractivity contribution is 7.90. The zero-order valence-corrected chi connectivity index (χ0v) is 15.1. The lowest BCUT2D eigenvalue weighted by molar-refractivity contribution is -0.0980. The molecule has 4 heterocycles. The number of rotatable bonds is 3. The molecule has 9 heteroatoms. The van der Waals surface area contributed by atoms with Crippen molar-refractivity contribution in [2.24, 2.45) is 5.92 Å². The molecule has 0 radical (unpaired) electrons. The van der Waals surface area contributed by atoms with Crippen molar-refractivity contribution in [1.29, 1.82) is 0 Å². The standard InChI is InChI=1S/C16H22N4O4S/c1-11(2)7-20-10-16-9-19(15(21)12-3-4-17-18-6-12)8-13(24-16)5-14(16)25(20,22)23/h3-4,6,11,13-14H,5,7-10H2,1-2H3/t13-,14+,16+/m1/s1. The minimum atomic E-state index is -3.39. The number of hydrogen-bond acceptors (Lipinski definition) is 6. The zero-order chi connectivity index (χ0) is 17.8. The molecule has 0 N–H and O–H groups in total. The lowest BCUT2D eigenvalue weighted by Gasteiger charge is -2.39. The molecule has 1 spiro atoms. The summed E-state index contributed by atoms with van der Waals surface area (Å²) in [6.07, 6.45) is 3.14. The van der Waals surface area contributed by atoms with E-state index in [1.54, 1.807) is 15.3 Å². The zero-order valence-electron chi connectivity index (χ0n) is 14.3. The first kappa shape index (κ1) is 16.9. The SMILES string of the molecule is CC(C)CN1C[C@@]23CN(C(=O)c4ccnnc4)C[C@@H](C[C@@H]2S1(=O)=O)O3. The van der Waals surface area contributed by atoms with Crippen LogP contribution in [0, 0.1) is 5.92 Å². The van der Waals surface area contributed by atoms with Crippen molar-refractivity contribution in [3.05, 3.63) is 24.0 Å². The van der Waals surface area contributed by atoms with Crippen LogP contribution in [-0.4, -0.2) is 76.9 Å². The summed E-state index contributed by atoms with van der Waals surface area (Å²) in [5, 5.41) is 6.89. The summed E-state index contributed by atoms with van der Waals surface area (Å²) in [7, 11) is -3.39. The van der Waals surface area contributed by atoms with Crippen molar-refractivity contribution in [3.8, 4) is 0 Å². The summed E-state index contributed by atoms with van der Waals surface area (Å²) < 4.78 is 33.5. The fraction of sp³-hybridized carbons (Fsp3) is 0.688. The molecule has 8 nitrogen and oxygen atoms in total. The maximum absolute atomic E-state index is 12.9. The van der Waals surface area contributed by atoms with E-state index in [1.165, 1.54) is 12.4 Å². The Morgan fingerprint density at radius 2 is 2.20 bits per heavy atom. The van der Waals surface area contributed by atoms with Gasteiger partial charge in [0.15, 0.2) is 0 Å². The number of carbonyl (C=O) groups excluding carboxylic acids is 1. The minimum Gasteiger partial charge on any atom is -0.365 e. The van der Waals surface area contributed by atoms with Crippen LogP contribution >= 0.6 is 0 Å². The van der Waals surface area contributed by atoms with E-state index in [1.807, 2.05) is 13.8 Å². The van der Waals surface area contributed by atoms with E-state index in [0.717, 1.165) is 0 Å². The number of likely N-dealkylation sites (tertiary alicyclic amines) is 1. The summed E-state index contributed by atoms with van der Waals surface area (Å²) in [5.74, 6) is 0.0907. The molecule has 1 aromatic rings. The molecule has 136 valence electrons. The molecular formula is C16H22N4O4S. The number of hydrogen-bond donors (Lipinski definition) is 0. The fourth-order valence-electron chi connectivity index (χ4n) is 4.27. The largest absolute Gasteiger partial charge is 0.365 e. The predicted octanol–water partition coefficient (Wildman–Crippen LogP) is 0.130. The average molecular weight is 366 g/mol. The second-order valence-electron chi connectivity index (χ2n) is 7.58. The van der Waals surface area contributed by atoms with Gasteiger partial charge in [0.1, 0.15) is 10.9 Å². The minimum absolute atomic E-state index is 0.150. The Balaban J connectivity index is 1.61. The van der Waals surface area contributed by atoms with Crippen molar-refractivity contribution in [2.45, 2.75) is 37.2 Å². The topological polar surface area (TPSA) is 92.7 Å². The van der Waals surface area contributed by atoms with E-state index in [0.29, 0.717) is 38.2 Å². The normalized spacial score (nSPS) is 33.6. The van der Waals surface area contributed by atoms with E-state index in [4.69, 9.17) is 4.74 Å². The quantitative estimate of drug-likeness (QED) is 0.755. The molecule has 4 rings (SSSR count). The highest BCUT2D eigenvalue weighted by atomic mass is 32.2. The lowest BCUT2D eigenvalue weighted by atomic mass is 9.99. The Hall–Kier alpha value is -1.58. The third-order valence-corrected chi connectivity index (χ3v) is 7.54. The molecule has 2 bridgehead atoms. The summed E-state index contributed by atoms with van der Waals surface area (Å²) in [4.78, 5) is 14.5. The fourth-order valence-corrected chi connectivity index (χ4v) is 6.74. The van der Waals surface area contributed by atoms with Crippen LogP contribution in [0.1, 0.15) is 30.6 Å². The van der Waals surface area contributed by atoms with E-state index in [9.17, 15) is 13.2 Å². The van der Waals surface area contributed by atoms with Gasteiger partial charge >= 0.3 is 0 Å². The molecule has 3 atom stereocenters. The van der Waals surface area contributed by atoms with E-state index in [2.05, 4.69) is 10.2 Å². The molecule has 3 saturated heterocycles. The highest BCUT2D eigenvalue weighted by Gasteiger charge is 2.65. The van der Waals surface area contributed by atoms with Crippen LogP contribution in [0.25, 0.3) is 0 Å². The maximum Gasteiger partial charge on any atom is 0.255 e. The van der Waals surface area contributed by atoms with Crippen LogP contribution in [0.15, 0.2) is 18.5 Å². The molecule has 0 aliphatic carbocycles. The van der Waals surface area contributed by atoms with Gasteiger partial charge in [-0.3, -0.25) is 4.79 Å². The number of aromatic nitrogens is 2. The number of carbonyl (C=O) groups is 1. The first-order chi connectivity index (χ1) is 11.8. The van der Waals surface area contributed by atoms with Gasteiger partial charge in [-0.2, -0.15) is 14.5 Å². The second kappa shape index (κ2) is 5.72. The van der Waals surface area contributed by atoms with E-state index in [-0.39, 0.29) is 17.9 Å². The van der Waals surface area contributed by atoms with Crippen LogP contribution in [-0.2, 0) is 14.8 Å². The van der Waals surface area contributed by atoms with Crippen LogP contribution in [0.2, 0.25) is 0 Å². The first-order valence-electron chi connectivity index (χ1n) is 8.54. The van der Waals surface area contributed by atoms with Crippen molar-refractivity contribution in [1.82, 2.24) is 19.4 Å². The summed E-state index contributed by atoms with van der Waals surface area (Å²) in [5.41, 5.74) is -0.351. The molecule has 3 aliphatic rings. The number of amides is 1. The van der Waals surface area contributed by atoms with Gasteiger partial charge < -0.3 is 9.64 Å². The number of sulfonamides is 1. The second-order valence-corrected chi connectivity index (χ2v) is 9.69. The van der Waals surface area contributed by atoms with Crippen LogP contribution in [0.4, 0.5) is 0 Å². The molecule has 1 amide bonds. The van der Waals surface area contributed by atoms with Crippen molar-refractivity contribution >= 4 is 15.9 Å². The van der Waals surface area contributed by atoms with Gasteiger partial charge in [0.2, 0.25) is 10.0 Å². The Morgan fingerprint density at radius 1 is 1.40 bits per heavy atom. The van der Waals surface area contributed by atoms with Crippen molar-refractivity contribution < 1.29 is 17.9 Å². The van der Waals surface area contributed by atoms with Gasteiger partial charge in [0.05, 0.1) is 30.6 Å². The molecule has 0 saturated carbocycles. The third kappa shape index (κ3) is 2.65. The Morgan fingerprint density at radius 3 is 2.88 bits per heavy atom. The Bertz CT molecular complexity index is 785. The van der Waals surface area contributed by atoms with Gasteiger partial charge in [0, 0.05) is 19.6 Å². The molecule has 3 fully saturated rings. The predicted molar refractivity (Wildman–Crippen MR) is 89.3 cm³/mol. The Kier molecular flexibility index (Phi) is 3.86. The molecule has 0 aromatic carbocycles. The lowest BCUT2D eigenvalue weighted by Crippen LogP contribution is -2.56. The Labute approximate surface area is 147 Å². The monoisotopic (exact) mass is 366 g/mol. The van der Waals surface area contributed by atoms with Crippen LogP contribution < -0.4 is 0 Å². The molecule has 25 heavy (non-hydrogen) atoms. The number of fused-ring (bicyclic) bond motifs is 1. The van der Waals surface area contributed by atoms with Crippen molar-refractivity contribution in [2.75, 3.05) is 26.2 Å². The molecule has 0 unspecified atom stereocenters. The molecule has 1 aromatic heterocycles. The van der Waals surface area contributed by atoms with Crippen LogP contribution in [0.5, 0.6) is 0 Å². The van der Waals surface area contributed by atoms with Crippen LogP contribution in [0.3, 0.4) is 0 Å². The van der Waals surface area contributed by atoms with Gasteiger partial charge in [-0.25, -0.2) is 8.42 Å². The smallest absolute Gasteiger partial charge is 0.255 e. The molecule has 3 aliphatic heterocycles. The van der Waals surface area contributed by atoms with Gasteiger partial charge in [-0.05, 0) is 18.4 Å². The highest BCUT2D eigenvalue weighted by Crippen LogP contribution is 2.46. The van der Waals surface area contributed by atoms with Gasteiger partial charge in [0.25, 0.3) is 5.91 Å². The first-order valence-corrected chi connectivity index (χ1v) is 10.0. The number of nitrogens with zero attached hydrogens (tertiary/aromatic N) is 4. The number of morpholine rings is 1. The van der Waals surface area contributed by atoms with Gasteiger partial charge in [-0.15, -0.1) is 0 Å². The van der Waals surface area contributed by atoms with Gasteiger partial charge in [-0.1, -0.05) is 13.8 Å². The maximum atomic E-state index is 12.9.